The Morgan fingerprint density at radius 2 is 1.75 bits per heavy atom. The number of ether oxygens (including phenoxy) is 1. The van der Waals surface area contributed by atoms with Gasteiger partial charge in [0, 0.05) is 12.2 Å². The number of aromatic amines is 1. The van der Waals surface area contributed by atoms with E-state index in [1.807, 2.05) is 6.92 Å². The maximum atomic E-state index is 12.5. The van der Waals surface area contributed by atoms with Gasteiger partial charge in [0.2, 0.25) is 10.0 Å². The first-order chi connectivity index (χ1) is 13.2. The van der Waals surface area contributed by atoms with Crippen LogP contribution in [-0.2, 0) is 33.5 Å². The summed E-state index contributed by atoms with van der Waals surface area (Å²) in [5.41, 5.74) is 3.41. The van der Waals surface area contributed by atoms with Gasteiger partial charge in [-0.15, -0.1) is 0 Å². The molecule has 0 atom stereocenters. The van der Waals surface area contributed by atoms with E-state index in [-0.39, 0.29) is 18.2 Å². The standard InChI is InChI=1S/C19H25N3O5S/c1-5-15-16(19(24)27-4)12(2)17(22-15)18(23)21-10-13-6-8-14(9-7-13)11-28(25,26)20-3/h6-9,20,22H,5,10-11H2,1-4H3,(H,21,23). The first-order valence-electron chi connectivity index (χ1n) is 8.79. The third-order valence-electron chi connectivity index (χ3n) is 4.44. The fourth-order valence-electron chi connectivity index (χ4n) is 2.84. The zero-order valence-corrected chi connectivity index (χ0v) is 17.2. The van der Waals surface area contributed by atoms with Gasteiger partial charge in [0.25, 0.3) is 5.91 Å². The topological polar surface area (TPSA) is 117 Å². The third kappa shape index (κ3) is 4.99. The van der Waals surface area contributed by atoms with Gasteiger partial charge < -0.3 is 15.0 Å². The first-order valence-corrected chi connectivity index (χ1v) is 10.4. The number of nitrogens with one attached hydrogen (secondary N) is 3. The fourth-order valence-corrected chi connectivity index (χ4v) is 3.62. The summed E-state index contributed by atoms with van der Waals surface area (Å²) in [5.74, 6) is -0.908. The van der Waals surface area contributed by atoms with E-state index >= 15 is 0 Å². The number of carbonyl (C=O) groups excluding carboxylic acids is 2. The highest BCUT2D eigenvalue weighted by Crippen LogP contribution is 2.20. The van der Waals surface area contributed by atoms with Crippen molar-refractivity contribution < 1.29 is 22.7 Å². The summed E-state index contributed by atoms with van der Waals surface area (Å²) < 4.78 is 30.2. The number of esters is 1. The summed E-state index contributed by atoms with van der Waals surface area (Å²) in [5, 5.41) is 2.80. The summed E-state index contributed by atoms with van der Waals surface area (Å²) in [4.78, 5) is 27.5. The van der Waals surface area contributed by atoms with E-state index in [4.69, 9.17) is 4.74 Å². The third-order valence-corrected chi connectivity index (χ3v) is 5.78. The van der Waals surface area contributed by atoms with E-state index in [0.29, 0.717) is 34.5 Å². The molecular weight excluding hydrogens is 382 g/mol. The minimum atomic E-state index is -3.33. The maximum absolute atomic E-state index is 12.5. The molecule has 2 rings (SSSR count). The Balaban J connectivity index is 2.08. The van der Waals surface area contributed by atoms with Crippen LogP contribution in [0.2, 0.25) is 0 Å². The van der Waals surface area contributed by atoms with Gasteiger partial charge in [-0.2, -0.15) is 0 Å². The SMILES string of the molecule is CCc1[nH]c(C(=O)NCc2ccc(CS(=O)(=O)NC)cc2)c(C)c1C(=O)OC. The second kappa shape index (κ2) is 9.03. The number of amides is 1. The number of benzene rings is 1. The lowest BCUT2D eigenvalue weighted by Gasteiger charge is -2.07. The van der Waals surface area contributed by atoms with Crippen LogP contribution >= 0.6 is 0 Å². The quantitative estimate of drug-likeness (QED) is 0.575. The predicted molar refractivity (Wildman–Crippen MR) is 106 cm³/mol. The minimum absolute atomic E-state index is 0.103. The highest BCUT2D eigenvalue weighted by molar-refractivity contribution is 7.88. The number of aromatic nitrogens is 1. The molecule has 28 heavy (non-hydrogen) atoms. The molecule has 1 amide bonds. The molecule has 9 heteroatoms. The van der Waals surface area contributed by atoms with Gasteiger partial charge in [-0.1, -0.05) is 31.2 Å². The minimum Gasteiger partial charge on any atom is -0.465 e. The van der Waals surface area contributed by atoms with E-state index < -0.39 is 16.0 Å². The monoisotopic (exact) mass is 407 g/mol. The Hall–Kier alpha value is -2.65. The van der Waals surface area contributed by atoms with Gasteiger partial charge in [0.15, 0.2) is 0 Å². The number of hydrogen-bond acceptors (Lipinski definition) is 5. The van der Waals surface area contributed by atoms with Crippen LogP contribution in [0.3, 0.4) is 0 Å². The number of sulfonamides is 1. The van der Waals surface area contributed by atoms with E-state index in [1.54, 1.807) is 31.2 Å². The lowest BCUT2D eigenvalue weighted by Crippen LogP contribution is -2.24. The van der Waals surface area contributed by atoms with Crippen LogP contribution < -0.4 is 10.0 Å². The molecule has 0 aliphatic carbocycles. The number of aryl methyl sites for hydroxylation is 1. The maximum Gasteiger partial charge on any atom is 0.339 e. The van der Waals surface area contributed by atoms with Crippen LogP contribution in [-0.4, -0.2) is 39.4 Å². The van der Waals surface area contributed by atoms with Gasteiger partial charge in [0.05, 0.1) is 18.4 Å². The molecule has 0 aliphatic rings. The molecule has 0 radical (unpaired) electrons. The number of hydrogen-bond donors (Lipinski definition) is 3. The second-order valence-electron chi connectivity index (χ2n) is 6.29. The molecule has 0 spiro atoms. The molecule has 0 bridgehead atoms. The van der Waals surface area contributed by atoms with E-state index in [0.717, 1.165) is 5.56 Å². The molecule has 1 heterocycles. The van der Waals surface area contributed by atoms with Crippen molar-refractivity contribution in [3.63, 3.8) is 0 Å². The van der Waals surface area contributed by atoms with Crippen molar-refractivity contribution in [2.45, 2.75) is 32.6 Å². The summed E-state index contributed by atoms with van der Waals surface area (Å²) in [6.07, 6.45) is 0.565. The van der Waals surface area contributed by atoms with Gasteiger partial charge in [-0.3, -0.25) is 4.79 Å². The van der Waals surface area contributed by atoms with Crippen LogP contribution in [0.5, 0.6) is 0 Å². The molecular formula is C19H25N3O5S. The molecule has 0 aliphatic heterocycles. The number of methoxy groups -OCH3 is 1. The zero-order chi connectivity index (χ0) is 20.9. The highest BCUT2D eigenvalue weighted by Gasteiger charge is 2.23. The lowest BCUT2D eigenvalue weighted by molar-refractivity contribution is 0.0599. The summed E-state index contributed by atoms with van der Waals surface area (Å²) in [6.45, 7) is 3.86. The van der Waals surface area contributed by atoms with Crippen LogP contribution in [0.15, 0.2) is 24.3 Å². The van der Waals surface area contributed by atoms with E-state index in [1.165, 1.54) is 14.2 Å². The van der Waals surface area contributed by atoms with Gasteiger partial charge in [-0.05, 0) is 37.1 Å². The molecule has 152 valence electrons. The second-order valence-corrected chi connectivity index (χ2v) is 8.21. The van der Waals surface area contributed by atoms with Crippen molar-refractivity contribution in [2.75, 3.05) is 14.2 Å². The summed E-state index contributed by atoms with van der Waals surface area (Å²) in [6, 6.07) is 6.95. The number of H-pyrrole nitrogens is 1. The van der Waals surface area contributed by atoms with Gasteiger partial charge in [0.1, 0.15) is 5.69 Å². The van der Waals surface area contributed by atoms with Crippen molar-refractivity contribution in [3.05, 3.63) is 57.9 Å². The van der Waals surface area contributed by atoms with Crippen molar-refractivity contribution >= 4 is 21.9 Å². The summed E-state index contributed by atoms with van der Waals surface area (Å²) in [7, 11) is -0.650. The highest BCUT2D eigenvalue weighted by atomic mass is 32.2. The Labute approximate surface area is 164 Å². The van der Waals surface area contributed by atoms with Crippen molar-refractivity contribution in [3.8, 4) is 0 Å². The number of rotatable bonds is 8. The van der Waals surface area contributed by atoms with Gasteiger partial charge in [-0.25, -0.2) is 17.9 Å². The van der Waals surface area contributed by atoms with Crippen LogP contribution in [0.1, 0.15) is 50.2 Å². The first kappa shape index (κ1) is 21.6. The Morgan fingerprint density at radius 3 is 2.29 bits per heavy atom. The predicted octanol–water partition coefficient (Wildman–Crippen LogP) is 1.65. The van der Waals surface area contributed by atoms with Crippen LogP contribution in [0.4, 0.5) is 0 Å². The van der Waals surface area contributed by atoms with E-state index in [9.17, 15) is 18.0 Å². The lowest BCUT2D eigenvalue weighted by atomic mass is 10.1. The Bertz CT molecular complexity index is 962. The van der Waals surface area contributed by atoms with E-state index in [2.05, 4.69) is 15.0 Å². The number of carbonyl (C=O) groups is 2. The molecule has 0 unspecified atom stereocenters. The molecule has 0 fully saturated rings. The Kier molecular flexibility index (Phi) is 6.98. The molecule has 1 aromatic heterocycles. The Morgan fingerprint density at radius 1 is 1.14 bits per heavy atom. The molecule has 0 saturated carbocycles. The van der Waals surface area contributed by atoms with Crippen LogP contribution in [0, 0.1) is 6.92 Å². The average molecular weight is 407 g/mol. The smallest absolute Gasteiger partial charge is 0.339 e. The molecule has 8 nitrogen and oxygen atoms in total. The van der Waals surface area contributed by atoms with Crippen LogP contribution in [0.25, 0.3) is 0 Å². The average Bonchev–Trinajstić information content (AvgIpc) is 3.02. The molecule has 3 N–H and O–H groups in total. The van der Waals surface area contributed by atoms with Crippen molar-refractivity contribution in [2.24, 2.45) is 0 Å². The molecule has 0 saturated heterocycles. The normalized spacial score (nSPS) is 11.3. The van der Waals surface area contributed by atoms with Gasteiger partial charge >= 0.3 is 5.97 Å². The van der Waals surface area contributed by atoms with Crippen molar-refractivity contribution in [1.29, 1.82) is 0 Å². The summed E-state index contributed by atoms with van der Waals surface area (Å²) >= 11 is 0. The zero-order valence-electron chi connectivity index (χ0n) is 16.4. The fraction of sp³-hybridized carbons (Fsp3) is 0.368. The van der Waals surface area contributed by atoms with Crippen molar-refractivity contribution in [1.82, 2.24) is 15.0 Å². The largest absolute Gasteiger partial charge is 0.465 e. The molecule has 1 aromatic carbocycles. The molecule has 2 aromatic rings.